The number of nitrogens with zero attached hydrogens (tertiary/aromatic N) is 4. The molecule has 1 amide bonds. The van der Waals surface area contributed by atoms with Crippen LogP contribution in [0.1, 0.15) is 55.7 Å². The second-order valence-electron chi connectivity index (χ2n) is 6.57. The lowest BCUT2D eigenvalue weighted by Crippen LogP contribution is -2.39. The maximum atomic E-state index is 12.6. The molecule has 1 unspecified atom stereocenters. The molecule has 5 nitrogen and oxygen atoms in total. The third kappa shape index (κ3) is 1.93. The van der Waals surface area contributed by atoms with Gasteiger partial charge >= 0.3 is 0 Å². The Labute approximate surface area is 125 Å². The highest BCUT2D eigenvalue weighted by molar-refractivity contribution is 5.81. The smallest absolute Gasteiger partial charge is 0.226 e. The first-order chi connectivity index (χ1) is 10.1. The Morgan fingerprint density at radius 3 is 2.52 bits per heavy atom. The number of fused-ring (bicyclic) bond motifs is 1. The van der Waals surface area contributed by atoms with Gasteiger partial charge < -0.3 is 9.80 Å². The molecule has 112 valence electrons. The fourth-order valence-electron chi connectivity index (χ4n) is 3.55. The lowest BCUT2D eigenvalue weighted by atomic mass is 9.84. The lowest BCUT2D eigenvalue weighted by Gasteiger charge is -2.35. The van der Waals surface area contributed by atoms with Gasteiger partial charge in [0.15, 0.2) is 0 Å². The molecule has 2 fully saturated rings. The summed E-state index contributed by atoms with van der Waals surface area (Å²) in [6, 6.07) is 0.115. The van der Waals surface area contributed by atoms with Crippen molar-refractivity contribution in [1.82, 2.24) is 14.9 Å². The SMILES string of the molecule is Cc1nc2c(c(N3CCC3)n1)C(C)N(C(=O)C1CCC1)C2. The molecule has 21 heavy (non-hydrogen) atoms. The minimum absolute atomic E-state index is 0.115. The van der Waals surface area contributed by atoms with Crippen molar-refractivity contribution in [2.45, 2.75) is 52.1 Å². The van der Waals surface area contributed by atoms with Crippen molar-refractivity contribution in [1.29, 1.82) is 0 Å². The topological polar surface area (TPSA) is 49.3 Å². The van der Waals surface area contributed by atoms with E-state index >= 15 is 0 Å². The van der Waals surface area contributed by atoms with Crippen molar-refractivity contribution >= 4 is 11.7 Å². The molecule has 1 atom stereocenters. The third-order valence-corrected chi connectivity index (χ3v) is 5.21. The number of amides is 1. The van der Waals surface area contributed by atoms with Crippen LogP contribution in [0.2, 0.25) is 0 Å². The molecule has 1 aliphatic carbocycles. The average molecular weight is 286 g/mol. The van der Waals surface area contributed by atoms with Crippen molar-refractivity contribution in [2.24, 2.45) is 5.92 Å². The average Bonchev–Trinajstić information content (AvgIpc) is 2.61. The van der Waals surface area contributed by atoms with Crippen LogP contribution in [0.5, 0.6) is 0 Å². The van der Waals surface area contributed by atoms with Crippen LogP contribution in [0.3, 0.4) is 0 Å². The van der Waals surface area contributed by atoms with Gasteiger partial charge in [0.05, 0.1) is 18.3 Å². The highest BCUT2D eigenvalue weighted by Crippen LogP contribution is 2.41. The minimum atomic E-state index is 0.115. The Balaban J connectivity index is 1.68. The molecule has 2 aliphatic heterocycles. The van der Waals surface area contributed by atoms with E-state index in [2.05, 4.69) is 21.8 Å². The molecule has 3 heterocycles. The van der Waals surface area contributed by atoms with Crippen LogP contribution < -0.4 is 4.90 Å². The first kappa shape index (κ1) is 13.0. The second-order valence-corrected chi connectivity index (χ2v) is 6.57. The summed E-state index contributed by atoms with van der Waals surface area (Å²) in [6.07, 6.45) is 4.55. The highest BCUT2D eigenvalue weighted by Gasteiger charge is 2.40. The van der Waals surface area contributed by atoms with Gasteiger partial charge in [-0.2, -0.15) is 0 Å². The molecule has 5 heteroatoms. The summed E-state index contributed by atoms with van der Waals surface area (Å²) in [5, 5.41) is 0. The number of carbonyl (C=O) groups is 1. The summed E-state index contributed by atoms with van der Waals surface area (Å²) >= 11 is 0. The second kappa shape index (κ2) is 4.68. The van der Waals surface area contributed by atoms with Gasteiger partial charge in [-0.3, -0.25) is 4.79 Å². The Kier molecular flexibility index (Phi) is 2.91. The summed E-state index contributed by atoms with van der Waals surface area (Å²) in [7, 11) is 0. The van der Waals surface area contributed by atoms with E-state index in [1.807, 2.05) is 11.8 Å². The summed E-state index contributed by atoms with van der Waals surface area (Å²) in [5.41, 5.74) is 2.25. The van der Waals surface area contributed by atoms with Crippen LogP contribution in [-0.4, -0.2) is 33.9 Å². The quantitative estimate of drug-likeness (QED) is 0.836. The predicted octanol–water partition coefficient (Wildman–Crippen LogP) is 2.20. The zero-order valence-corrected chi connectivity index (χ0v) is 12.8. The van der Waals surface area contributed by atoms with E-state index in [9.17, 15) is 4.79 Å². The van der Waals surface area contributed by atoms with Crippen molar-refractivity contribution in [3.63, 3.8) is 0 Å². The van der Waals surface area contributed by atoms with E-state index < -0.39 is 0 Å². The van der Waals surface area contributed by atoms with Crippen LogP contribution in [0.25, 0.3) is 0 Å². The number of carbonyl (C=O) groups excluding carboxylic acids is 1. The van der Waals surface area contributed by atoms with Crippen LogP contribution in [0, 0.1) is 12.8 Å². The van der Waals surface area contributed by atoms with E-state index in [4.69, 9.17) is 0 Å². The molecule has 1 saturated carbocycles. The largest absolute Gasteiger partial charge is 0.356 e. The molecule has 0 radical (unpaired) electrons. The van der Waals surface area contributed by atoms with Crippen molar-refractivity contribution < 1.29 is 4.79 Å². The van der Waals surface area contributed by atoms with Crippen molar-refractivity contribution in [3.8, 4) is 0 Å². The van der Waals surface area contributed by atoms with Gasteiger partial charge in [0.25, 0.3) is 0 Å². The van der Waals surface area contributed by atoms with Gasteiger partial charge in [-0.25, -0.2) is 9.97 Å². The van der Waals surface area contributed by atoms with E-state index in [0.717, 1.165) is 43.3 Å². The maximum Gasteiger partial charge on any atom is 0.226 e. The molecular formula is C16H22N4O. The third-order valence-electron chi connectivity index (χ3n) is 5.21. The molecule has 0 N–H and O–H groups in total. The first-order valence-corrected chi connectivity index (χ1v) is 8.08. The number of aromatic nitrogens is 2. The standard InChI is InChI=1S/C16H22N4O/c1-10-14-13(9-20(10)16(21)12-5-3-6-12)17-11(2)18-15(14)19-7-4-8-19/h10,12H,3-9H2,1-2H3. The fourth-order valence-corrected chi connectivity index (χ4v) is 3.55. The van der Waals surface area contributed by atoms with E-state index in [-0.39, 0.29) is 12.0 Å². The van der Waals surface area contributed by atoms with E-state index in [0.29, 0.717) is 12.5 Å². The van der Waals surface area contributed by atoms with E-state index in [1.165, 1.54) is 18.4 Å². The van der Waals surface area contributed by atoms with Crippen LogP contribution >= 0.6 is 0 Å². The fraction of sp³-hybridized carbons (Fsp3) is 0.688. The highest BCUT2D eigenvalue weighted by atomic mass is 16.2. The zero-order chi connectivity index (χ0) is 14.6. The molecule has 0 bridgehead atoms. The van der Waals surface area contributed by atoms with Crippen molar-refractivity contribution in [3.05, 3.63) is 17.1 Å². The molecular weight excluding hydrogens is 264 g/mol. The minimum Gasteiger partial charge on any atom is -0.356 e. The normalized spacial score (nSPS) is 24.6. The first-order valence-electron chi connectivity index (χ1n) is 8.08. The van der Waals surface area contributed by atoms with Gasteiger partial charge in [0, 0.05) is 24.6 Å². The lowest BCUT2D eigenvalue weighted by molar-refractivity contribution is -0.140. The number of rotatable bonds is 2. The molecule has 0 spiro atoms. The van der Waals surface area contributed by atoms with Gasteiger partial charge in [-0.05, 0) is 33.1 Å². The zero-order valence-electron chi connectivity index (χ0n) is 12.8. The monoisotopic (exact) mass is 286 g/mol. The molecule has 1 aromatic heterocycles. The van der Waals surface area contributed by atoms with Gasteiger partial charge in [0.2, 0.25) is 5.91 Å². The Bertz CT molecular complexity index is 592. The predicted molar refractivity (Wildman–Crippen MR) is 79.9 cm³/mol. The van der Waals surface area contributed by atoms with Crippen molar-refractivity contribution in [2.75, 3.05) is 18.0 Å². The van der Waals surface area contributed by atoms with Gasteiger partial charge in [0.1, 0.15) is 11.6 Å². The summed E-state index contributed by atoms with van der Waals surface area (Å²) in [5.74, 6) is 2.46. The number of anilines is 1. The summed E-state index contributed by atoms with van der Waals surface area (Å²) in [4.78, 5) is 26.2. The molecule has 3 aliphatic rings. The maximum absolute atomic E-state index is 12.6. The summed E-state index contributed by atoms with van der Waals surface area (Å²) in [6.45, 7) is 6.89. The van der Waals surface area contributed by atoms with Gasteiger partial charge in [-0.15, -0.1) is 0 Å². The molecule has 1 saturated heterocycles. The van der Waals surface area contributed by atoms with Gasteiger partial charge in [-0.1, -0.05) is 6.42 Å². The number of hydrogen-bond acceptors (Lipinski definition) is 4. The van der Waals surface area contributed by atoms with Crippen LogP contribution in [0.15, 0.2) is 0 Å². The molecule has 0 aromatic carbocycles. The Morgan fingerprint density at radius 2 is 1.95 bits per heavy atom. The molecule has 1 aromatic rings. The number of hydrogen-bond donors (Lipinski definition) is 0. The Hall–Kier alpha value is -1.65. The van der Waals surface area contributed by atoms with Crippen LogP contribution in [0.4, 0.5) is 5.82 Å². The number of aryl methyl sites for hydroxylation is 1. The molecule has 4 rings (SSSR count). The van der Waals surface area contributed by atoms with E-state index in [1.54, 1.807) is 0 Å². The summed E-state index contributed by atoms with van der Waals surface area (Å²) < 4.78 is 0. The Morgan fingerprint density at radius 1 is 1.19 bits per heavy atom. The van der Waals surface area contributed by atoms with Crippen LogP contribution in [-0.2, 0) is 11.3 Å².